The van der Waals surface area contributed by atoms with Crippen LogP contribution in [0.15, 0.2) is 54.1 Å². The average molecular weight is 312 g/mol. The monoisotopic (exact) mass is 310 g/mol. The Morgan fingerprint density at radius 2 is 2.06 bits per heavy atom. The Kier molecular flexibility index (Phi) is 3.85. The molecule has 0 heterocycles. The van der Waals surface area contributed by atoms with Gasteiger partial charge in [0.1, 0.15) is 0 Å². The molecule has 2 rings (SSSR count). The summed E-state index contributed by atoms with van der Waals surface area (Å²) in [5.41, 5.74) is 1.43. The van der Waals surface area contributed by atoms with Crippen LogP contribution in [-0.4, -0.2) is 16.0 Å². The van der Waals surface area contributed by atoms with E-state index in [0.29, 0.717) is 22.9 Å². The second kappa shape index (κ2) is 5.19. The molecule has 0 saturated heterocycles. The molecule has 1 unspecified atom stereocenters. The summed E-state index contributed by atoms with van der Waals surface area (Å²) in [6, 6.07) is 9.28. The lowest BCUT2D eigenvalue weighted by Gasteiger charge is -2.22. The minimum absolute atomic E-state index is 0.0511. The van der Waals surface area contributed by atoms with Gasteiger partial charge in [-0.25, -0.2) is 0 Å². The van der Waals surface area contributed by atoms with Gasteiger partial charge in [-0.15, -0.1) is 11.6 Å². The largest absolute Gasteiger partial charge is 0.289 e. The molecule has 0 amide bonds. The van der Waals surface area contributed by atoms with Crippen molar-refractivity contribution in [3.05, 3.63) is 59.7 Å². The lowest BCUT2D eigenvalue weighted by atomic mass is 9.93. The van der Waals surface area contributed by atoms with E-state index in [2.05, 4.69) is 15.9 Å². The first-order chi connectivity index (χ1) is 8.14. The molecule has 0 saturated carbocycles. The third kappa shape index (κ3) is 2.88. The van der Waals surface area contributed by atoms with Gasteiger partial charge in [-0.2, -0.15) is 0 Å². The van der Waals surface area contributed by atoms with E-state index in [0.717, 1.165) is 0 Å². The molecule has 1 aromatic carbocycles. The number of carbonyl (C=O) groups is 1. The summed E-state index contributed by atoms with van der Waals surface area (Å²) in [6.45, 7) is 0. The van der Waals surface area contributed by atoms with Crippen molar-refractivity contribution < 1.29 is 4.79 Å². The number of Topliss-reactive ketones (excluding diaryl/α,β-unsaturated/α-hetero) is 1. The molecule has 3 heteroatoms. The van der Waals surface area contributed by atoms with Crippen LogP contribution in [-0.2, 0) is 0 Å². The minimum Gasteiger partial charge on any atom is -0.289 e. The third-order valence-corrected chi connectivity index (χ3v) is 4.48. The van der Waals surface area contributed by atoms with E-state index in [1.165, 1.54) is 0 Å². The van der Waals surface area contributed by atoms with Crippen molar-refractivity contribution in [1.29, 1.82) is 0 Å². The van der Waals surface area contributed by atoms with Crippen LogP contribution in [0.2, 0.25) is 0 Å². The van der Waals surface area contributed by atoms with Crippen LogP contribution in [0.4, 0.5) is 0 Å². The smallest absolute Gasteiger partial charge is 0.192 e. The summed E-state index contributed by atoms with van der Waals surface area (Å²) >= 11 is 9.66. The summed E-state index contributed by atoms with van der Waals surface area (Å²) in [7, 11) is 0. The van der Waals surface area contributed by atoms with Crippen LogP contribution in [0.5, 0.6) is 0 Å². The zero-order chi connectivity index (χ0) is 12.3. The molecule has 0 fully saturated rings. The SMILES string of the molecule is O=C(C1=CCC(Cl)(CBr)C=C1)c1ccccc1. The summed E-state index contributed by atoms with van der Waals surface area (Å²) < 4.78 is 0. The van der Waals surface area contributed by atoms with Crippen molar-refractivity contribution in [1.82, 2.24) is 0 Å². The molecule has 1 aliphatic carbocycles. The van der Waals surface area contributed by atoms with E-state index in [-0.39, 0.29) is 10.7 Å². The Morgan fingerprint density at radius 1 is 1.35 bits per heavy atom. The third-order valence-electron chi connectivity index (χ3n) is 2.74. The van der Waals surface area contributed by atoms with E-state index in [1.807, 2.05) is 48.6 Å². The molecule has 0 aliphatic heterocycles. The summed E-state index contributed by atoms with van der Waals surface area (Å²) in [5, 5.41) is 0.682. The quantitative estimate of drug-likeness (QED) is 0.606. The highest BCUT2D eigenvalue weighted by Crippen LogP contribution is 2.30. The van der Waals surface area contributed by atoms with Crippen molar-refractivity contribution in [2.45, 2.75) is 11.3 Å². The molecular weight excluding hydrogens is 300 g/mol. The van der Waals surface area contributed by atoms with Crippen molar-refractivity contribution in [2.24, 2.45) is 0 Å². The number of rotatable bonds is 3. The highest BCUT2D eigenvalue weighted by molar-refractivity contribution is 9.09. The predicted octanol–water partition coefficient (Wildman–Crippen LogP) is 4.13. The molecule has 0 spiro atoms. The minimum atomic E-state index is -0.388. The van der Waals surface area contributed by atoms with Crippen molar-refractivity contribution in [2.75, 3.05) is 5.33 Å². The first kappa shape index (κ1) is 12.6. The Balaban J connectivity index is 2.17. The van der Waals surface area contributed by atoms with E-state index < -0.39 is 0 Å². The van der Waals surface area contributed by atoms with Crippen molar-refractivity contribution >= 4 is 33.3 Å². The van der Waals surface area contributed by atoms with Gasteiger partial charge in [-0.3, -0.25) is 4.79 Å². The van der Waals surface area contributed by atoms with Gasteiger partial charge in [-0.1, -0.05) is 64.5 Å². The van der Waals surface area contributed by atoms with Gasteiger partial charge in [0.2, 0.25) is 0 Å². The topological polar surface area (TPSA) is 17.1 Å². The second-order valence-electron chi connectivity index (χ2n) is 4.06. The number of carbonyl (C=O) groups excluding carboxylic acids is 1. The fourth-order valence-corrected chi connectivity index (χ4v) is 2.23. The highest BCUT2D eigenvalue weighted by atomic mass is 79.9. The Hall–Kier alpha value is -0.860. The first-order valence-corrected chi connectivity index (χ1v) is 6.89. The number of alkyl halides is 2. The molecule has 0 aromatic heterocycles. The molecule has 17 heavy (non-hydrogen) atoms. The van der Waals surface area contributed by atoms with Crippen molar-refractivity contribution in [3.63, 3.8) is 0 Å². The van der Waals surface area contributed by atoms with Crippen LogP contribution in [0.3, 0.4) is 0 Å². The van der Waals surface area contributed by atoms with Gasteiger partial charge in [0.15, 0.2) is 5.78 Å². The fourth-order valence-electron chi connectivity index (χ4n) is 1.68. The van der Waals surface area contributed by atoms with Gasteiger partial charge >= 0.3 is 0 Å². The Labute approximate surface area is 114 Å². The number of hydrogen-bond acceptors (Lipinski definition) is 1. The predicted molar refractivity (Wildman–Crippen MR) is 75.0 cm³/mol. The van der Waals surface area contributed by atoms with Crippen LogP contribution >= 0.6 is 27.5 Å². The maximum Gasteiger partial charge on any atom is 0.192 e. The van der Waals surface area contributed by atoms with Gasteiger partial charge in [-0.05, 0) is 6.42 Å². The molecule has 1 atom stereocenters. The first-order valence-electron chi connectivity index (χ1n) is 5.39. The van der Waals surface area contributed by atoms with E-state index in [1.54, 1.807) is 0 Å². The zero-order valence-electron chi connectivity index (χ0n) is 9.20. The van der Waals surface area contributed by atoms with Gasteiger partial charge < -0.3 is 0 Å². The molecule has 88 valence electrons. The molecule has 1 aliphatic rings. The summed E-state index contributed by atoms with van der Waals surface area (Å²) in [6.07, 6.45) is 6.28. The number of benzene rings is 1. The van der Waals surface area contributed by atoms with Crippen LogP contribution in [0, 0.1) is 0 Å². The maximum atomic E-state index is 12.1. The summed E-state index contributed by atoms with van der Waals surface area (Å²) in [4.78, 5) is 11.7. The molecular formula is C14H12BrClO. The maximum absolute atomic E-state index is 12.1. The standard InChI is InChI=1S/C14H12BrClO/c15-10-14(16)8-6-12(7-9-14)13(17)11-4-2-1-3-5-11/h1-8H,9-10H2. The molecule has 0 radical (unpaired) electrons. The molecule has 1 nitrogen and oxygen atoms in total. The Bertz CT molecular complexity index is 478. The Morgan fingerprint density at radius 3 is 2.59 bits per heavy atom. The number of allylic oxidation sites excluding steroid dienone is 4. The average Bonchev–Trinajstić information content (AvgIpc) is 2.40. The van der Waals surface area contributed by atoms with Gasteiger partial charge in [0.05, 0.1) is 4.87 Å². The highest BCUT2D eigenvalue weighted by Gasteiger charge is 2.25. The fraction of sp³-hybridized carbons (Fsp3) is 0.214. The van der Waals surface area contributed by atoms with Crippen LogP contribution < -0.4 is 0 Å². The number of halogens is 2. The van der Waals surface area contributed by atoms with Gasteiger partial charge in [0, 0.05) is 16.5 Å². The van der Waals surface area contributed by atoms with Crippen LogP contribution in [0.1, 0.15) is 16.8 Å². The molecule has 1 aromatic rings. The molecule has 0 bridgehead atoms. The number of hydrogen-bond donors (Lipinski definition) is 0. The van der Waals surface area contributed by atoms with E-state index in [4.69, 9.17) is 11.6 Å². The second-order valence-corrected chi connectivity index (χ2v) is 5.37. The van der Waals surface area contributed by atoms with Crippen molar-refractivity contribution in [3.8, 4) is 0 Å². The van der Waals surface area contributed by atoms with Crippen LogP contribution in [0.25, 0.3) is 0 Å². The molecule has 0 N–H and O–H groups in total. The summed E-state index contributed by atoms with van der Waals surface area (Å²) in [5.74, 6) is 0.0511. The number of ketones is 1. The zero-order valence-corrected chi connectivity index (χ0v) is 11.5. The lowest BCUT2D eigenvalue weighted by molar-refractivity contribution is 0.103. The van der Waals surface area contributed by atoms with E-state index >= 15 is 0 Å². The normalized spacial score (nSPS) is 23.3. The van der Waals surface area contributed by atoms with Gasteiger partial charge in [0.25, 0.3) is 0 Å². The van der Waals surface area contributed by atoms with E-state index in [9.17, 15) is 4.79 Å². The lowest BCUT2D eigenvalue weighted by Crippen LogP contribution is -2.22.